The number of unbranched alkanes of at least 4 members (excludes halogenated alkanes) is 1. The van der Waals surface area contributed by atoms with Gasteiger partial charge in [0.2, 0.25) is 30.1 Å². The summed E-state index contributed by atoms with van der Waals surface area (Å²) in [4.78, 5) is 82.5. The average molecular weight is 1550 g/mol. The van der Waals surface area contributed by atoms with Crippen LogP contribution in [0.5, 0.6) is 0 Å². The molecule has 1 spiro atoms. The Hall–Kier alpha value is -7.02. The predicted octanol–water partition coefficient (Wildman–Crippen LogP) is 11.6. The second-order valence-corrected chi connectivity index (χ2v) is 38.1. The zero-order valence-corrected chi connectivity index (χ0v) is 64.3. The minimum atomic E-state index is -6.19. The van der Waals surface area contributed by atoms with E-state index in [9.17, 15) is 67.9 Å². The molecule has 29 heteroatoms. The molecule has 4 aliphatic carbocycles. The molecular formula is C77H97F5N10O10S4. The summed E-state index contributed by atoms with van der Waals surface area (Å²) in [7, 11) is -11.1. The molecule has 5 heterocycles. The Bertz CT molecular complexity index is 4320. The number of carbonyl (C=O) groups excluding carboxylic acids is 5. The number of aliphatic hydroxyl groups excluding tert-OH is 1. The molecule has 5 amide bonds. The minimum Gasteiger partial charge on any atom is -0.391 e. The maximum absolute atomic E-state index is 14.6. The number of alkyl halides is 5. The van der Waals surface area contributed by atoms with Crippen LogP contribution in [0.2, 0.25) is 0 Å². The number of thioether (sulfide) groups is 1. The summed E-state index contributed by atoms with van der Waals surface area (Å²) < 4.78 is 128. The molecule has 8 aliphatic rings. The van der Waals surface area contributed by atoms with E-state index in [2.05, 4.69) is 49.5 Å². The second kappa shape index (κ2) is 30.8. The summed E-state index contributed by atoms with van der Waals surface area (Å²) in [6.45, 7) is 20.0. The van der Waals surface area contributed by atoms with Crippen molar-refractivity contribution in [2.45, 2.75) is 182 Å². The number of hydrogen-bond donors (Lipinski definition) is 5. The van der Waals surface area contributed by atoms with Crippen molar-refractivity contribution < 1.29 is 67.9 Å². The largest absolute Gasteiger partial charge is 0.501 e. The number of anilines is 2. The van der Waals surface area contributed by atoms with Crippen molar-refractivity contribution in [3.63, 3.8) is 0 Å². The number of benzene rings is 4. The average Bonchev–Trinajstić information content (AvgIpc) is 0.681. The Morgan fingerprint density at radius 2 is 1.49 bits per heavy atom. The van der Waals surface area contributed by atoms with Gasteiger partial charge in [0.05, 0.1) is 38.8 Å². The first-order valence-corrected chi connectivity index (χ1v) is 41.4. The van der Waals surface area contributed by atoms with E-state index in [0.29, 0.717) is 90.4 Å². The van der Waals surface area contributed by atoms with Crippen LogP contribution in [0.25, 0.3) is 10.4 Å². The summed E-state index contributed by atoms with van der Waals surface area (Å²) in [5.74, 6) is -2.17. The zero-order valence-electron chi connectivity index (χ0n) is 61.1. The second-order valence-electron chi connectivity index (χ2n) is 32.6. The lowest BCUT2D eigenvalue weighted by molar-refractivity contribution is -0.250. The molecule has 4 saturated heterocycles. The lowest BCUT2D eigenvalue weighted by atomic mass is 9.32. The van der Waals surface area contributed by atoms with E-state index in [0.717, 1.165) is 83.3 Å². The van der Waals surface area contributed by atoms with E-state index >= 15 is 0 Å². The first-order valence-electron chi connectivity index (χ1n) is 36.6. The summed E-state index contributed by atoms with van der Waals surface area (Å²) in [5, 5.41) is 19.7. The number of likely N-dealkylation sites (tertiary alicyclic amines) is 3. The van der Waals surface area contributed by atoms with E-state index in [4.69, 9.17) is 0 Å². The van der Waals surface area contributed by atoms with E-state index in [1.165, 1.54) is 39.9 Å². The fourth-order valence-electron chi connectivity index (χ4n) is 16.8. The molecule has 106 heavy (non-hydrogen) atoms. The Morgan fingerprint density at radius 3 is 2.12 bits per heavy atom. The lowest BCUT2D eigenvalue weighted by Crippen LogP contribution is -2.72. The molecule has 5 aromatic rings. The number of rotatable bonds is 28. The smallest absolute Gasteiger partial charge is 0.391 e. The summed E-state index contributed by atoms with van der Waals surface area (Å²) in [6, 6.07) is 22.6. The number of nitrogens with zero attached hydrogens (tertiary/aromatic N) is 6. The highest BCUT2D eigenvalue weighted by molar-refractivity contribution is 7.99. The van der Waals surface area contributed by atoms with Gasteiger partial charge in [0.1, 0.15) is 17.0 Å². The number of allylic oxidation sites excluding steroid dienone is 1. The highest BCUT2D eigenvalue weighted by Gasteiger charge is 2.73. The number of halogens is 5. The Kier molecular flexibility index (Phi) is 22.8. The number of nitrogens with one attached hydrogen (secondary N) is 4. The summed E-state index contributed by atoms with van der Waals surface area (Å²) in [6.07, 6.45) is 2.84. The summed E-state index contributed by atoms with van der Waals surface area (Å²) >= 11 is 2.94. The fourth-order valence-corrected chi connectivity index (χ4v) is 20.6. The highest BCUT2D eigenvalue weighted by atomic mass is 32.2. The first-order chi connectivity index (χ1) is 49.9. The normalized spacial score (nSPS) is 23.2. The molecule has 1 aromatic heterocycles. The van der Waals surface area contributed by atoms with Crippen LogP contribution in [-0.2, 0) is 39.0 Å². The van der Waals surface area contributed by atoms with Gasteiger partial charge in [0.15, 0.2) is 0 Å². The molecule has 13 rings (SSSR count). The van der Waals surface area contributed by atoms with Gasteiger partial charge in [-0.05, 0) is 154 Å². The van der Waals surface area contributed by atoms with E-state index in [1.54, 1.807) is 33.9 Å². The van der Waals surface area contributed by atoms with Gasteiger partial charge in [-0.1, -0.05) is 88.2 Å². The topological polar surface area (TPSA) is 251 Å². The molecular weight excluding hydrogens is 1450 g/mol. The quantitative estimate of drug-likeness (QED) is 0.0135. The van der Waals surface area contributed by atoms with Crippen LogP contribution >= 0.6 is 23.1 Å². The van der Waals surface area contributed by atoms with Crippen molar-refractivity contribution in [3.8, 4) is 10.4 Å². The third-order valence-electron chi connectivity index (χ3n) is 22.7. The lowest BCUT2D eigenvalue weighted by Gasteiger charge is -2.72. The van der Waals surface area contributed by atoms with Crippen molar-refractivity contribution in [1.29, 1.82) is 0 Å². The SMILES string of the molecule is Cc1ncsc1-c1ccc([C@H](C)NC(=O)[C@@H]2C[C@@H](O)CN2C(=O)[C@@H](NC(=O)CCCCC(=O)N2CC3(CN(CC[C@H](CSc4ccccc4)Nc4ccc(S(=O)(=O)NC(=O)c5ccc(N6CCN(CC7=C(C89CC(C(F)F)(C8)C9)CC(C)(C)CC7)CC6)cc5)cc4S(=O)(=O)C(F)(F)F)C3)C2)C(C)(C)C)cc1. The highest BCUT2D eigenvalue weighted by Crippen LogP contribution is 2.79. The van der Waals surface area contributed by atoms with Crippen molar-refractivity contribution >= 4 is 83.9 Å². The number of sulfone groups is 1. The molecule has 3 saturated carbocycles. The zero-order chi connectivity index (χ0) is 76.1. The molecule has 4 aromatic carbocycles. The molecule has 4 aliphatic heterocycles. The predicted molar refractivity (Wildman–Crippen MR) is 398 cm³/mol. The number of piperazine rings is 1. The Labute approximate surface area is 626 Å². The monoisotopic (exact) mass is 1540 g/mol. The summed E-state index contributed by atoms with van der Waals surface area (Å²) in [5.41, 5.74) is 0.113. The minimum absolute atomic E-state index is 0.0398. The molecule has 574 valence electrons. The van der Waals surface area contributed by atoms with Crippen LogP contribution in [0.1, 0.15) is 146 Å². The van der Waals surface area contributed by atoms with Crippen LogP contribution in [0.4, 0.5) is 33.3 Å². The number of aryl methyl sites for hydroxylation is 1. The van der Waals surface area contributed by atoms with Gasteiger partial charge in [0.25, 0.3) is 25.8 Å². The number of sulfonamides is 1. The number of hydrogen-bond acceptors (Lipinski definition) is 17. The molecule has 5 N–H and O–H groups in total. The van der Waals surface area contributed by atoms with E-state index < -0.39 is 106 Å². The number of amides is 5. The third-order valence-corrected chi connectivity index (χ3v) is 27.7. The number of carbonyl (C=O) groups is 5. The molecule has 7 fully saturated rings. The van der Waals surface area contributed by atoms with Gasteiger partial charge in [-0.15, -0.1) is 23.1 Å². The van der Waals surface area contributed by atoms with Gasteiger partial charge < -0.3 is 40.7 Å². The van der Waals surface area contributed by atoms with Crippen LogP contribution in [-0.4, -0.2) is 190 Å². The number of thiazole rings is 1. The molecule has 20 nitrogen and oxygen atoms in total. The van der Waals surface area contributed by atoms with Crippen molar-refractivity contribution in [2.24, 2.45) is 27.1 Å². The number of aliphatic hydroxyl groups is 1. The van der Waals surface area contributed by atoms with Crippen LogP contribution in [0.15, 0.2) is 128 Å². The van der Waals surface area contributed by atoms with Gasteiger partial charge >= 0.3 is 5.51 Å². The Balaban J connectivity index is 0.602. The molecule has 0 radical (unpaired) electrons. The Morgan fingerprint density at radius 1 is 0.821 bits per heavy atom. The first kappa shape index (κ1) is 78.6. The third kappa shape index (κ3) is 17.2. The van der Waals surface area contributed by atoms with Crippen LogP contribution in [0, 0.1) is 34.0 Å². The fraction of sp³-hybridized carbons (Fsp3) is 0.558. The van der Waals surface area contributed by atoms with Crippen LogP contribution < -0.4 is 25.6 Å². The van der Waals surface area contributed by atoms with Crippen LogP contribution in [0.3, 0.4) is 0 Å². The van der Waals surface area contributed by atoms with Crippen molar-refractivity contribution in [2.75, 3.05) is 88.0 Å². The van der Waals surface area contributed by atoms with Gasteiger partial charge in [-0.2, -0.15) is 13.2 Å². The number of β-amino-alcohol motifs (C(OH)–C–C–N with tert-alkyl or cyclic N) is 1. The standard InChI is InChI=1S/C77H97F5N10O10S4/c1-49(51-17-19-52(20-18-51)66-50(2)83-48-104-66)84-69(97)62-35-57(93)39-92(62)70(98)67(72(3,4)5)86-64(94)15-11-12-16-65(95)91-46-74(47-91)44-89(45-74)30-28-55(40-103-58-13-9-8-10-14-58)85-61-26-25-59(36-63(61)105(99,100)77(80,81)82)106(101,102)87-68(96)53-21-23-56(24-22-53)90-33-31-88(32-34-90)38-54-27-29-73(6,7)37-60(54)75-41-76(42-75,43-75)71(78)79/h8-10,13-14,17-26,36,48-49,55,57,62,67,71,85,93H,11-12,15-16,27-35,37-47H2,1-7H3,(H,84,97)(H,86,94)(H,87,96)/t49-,55+,57+,62-,67+,75?,76?/m0/s1. The maximum Gasteiger partial charge on any atom is 0.501 e. The van der Waals surface area contributed by atoms with Gasteiger partial charge in [-0.3, -0.25) is 28.9 Å². The van der Waals surface area contributed by atoms with E-state index in [-0.39, 0.29) is 65.2 Å². The van der Waals surface area contributed by atoms with Gasteiger partial charge in [-0.25, -0.2) is 35.3 Å². The van der Waals surface area contributed by atoms with Crippen molar-refractivity contribution in [1.82, 2.24) is 39.9 Å². The number of aromatic nitrogens is 1. The molecule has 2 bridgehead atoms. The maximum atomic E-state index is 14.6. The van der Waals surface area contributed by atoms with Gasteiger partial charge in [0, 0.05) is 130 Å². The molecule has 0 unspecified atom stereocenters. The van der Waals surface area contributed by atoms with E-state index in [1.807, 2.05) is 93.9 Å². The van der Waals surface area contributed by atoms with Crippen molar-refractivity contribution in [3.05, 3.63) is 131 Å². The molecule has 5 atom stereocenters.